The molecule has 0 saturated carbocycles. The van der Waals surface area contributed by atoms with Crippen LogP contribution in [-0.4, -0.2) is 12.2 Å². The first-order valence-electron chi connectivity index (χ1n) is 4.44. The lowest BCUT2D eigenvalue weighted by Gasteiger charge is -1.95. The monoisotopic (exact) mass is 230 g/mol. The molecule has 0 bridgehead atoms. The van der Waals surface area contributed by atoms with E-state index >= 15 is 0 Å². The average Bonchev–Trinajstić information content (AvgIpc) is 2.65. The van der Waals surface area contributed by atoms with Crippen LogP contribution in [0.25, 0.3) is 10.1 Å². The molecule has 5 heteroatoms. The second-order valence-corrected chi connectivity index (χ2v) is 4.07. The highest BCUT2D eigenvalue weighted by atomic mass is 32.1. The van der Waals surface area contributed by atoms with Gasteiger partial charge in [0.15, 0.2) is 0 Å². The van der Waals surface area contributed by atoms with E-state index in [-0.39, 0.29) is 6.29 Å². The molecule has 4 nitrogen and oxygen atoms in total. The summed E-state index contributed by atoms with van der Waals surface area (Å²) in [7, 11) is 0. The number of nitriles is 1. The van der Waals surface area contributed by atoms with Crippen LogP contribution < -0.4 is 5.32 Å². The Morgan fingerprint density at radius 3 is 2.88 bits per heavy atom. The highest BCUT2D eigenvalue weighted by molar-refractivity contribution is 7.23. The van der Waals surface area contributed by atoms with Crippen molar-refractivity contribution in [2.45, 2.75) is 0 Å². The fraction of sp³-hybridized carbons (Fsp3) is 0. The molecule has 78 valence electrons. The summed E-state index contributed by atoms with van der Waals surface area (Å²) < 4.78 is 0.903. The Balaban J connectivity index is 2.57. The van der Waals surface area contributed by atoms with Gasteiger partial charge >= 0.3 is 0 Å². The maximum absolute atomic E-state index is 10.9. The number of nitrogens with zero attached hydrogens (tertiary/aromatic N) is 1. The number of rotatable bonds is 2. The zero-order valence-corrected chi connectivity index (χ0v) is 8.88. The summed E-state index contributed by atoms with van der Waals surface area (Å²) >= 11 is 1.28. The van der Waals surface area contributed by atoms with Crippen LogP contribution in [-0.2, 0) is 9.59 Å². The number of hydrogen-bond donors (Lipinski definition) is 1. The van der Waals surface area contributed by atoms with Gasteiger partial charge in [-0.1, -0.05) is 18.2 Å². The number of nitrogens with one attached hydrogen (secondary N) is 1. The molecule has 0 atom stereocenters. The maximum atomic E-state index is 10.9. The highest BCUT2D eigenvalue weighted by Crippen LogP contribution is 2.34. The molecule has 0 saturated heterocycles. The zero-order chi connectivity index (χ0) is 11.5. The van der Waals surface area contributed by atoms with Gasteiger partial charge in [-0.15, -0.1) is 11.3 Å². The number of hydrogen-bond acceptors (Lipinski definition) is 4. The van der Waals surface area contributed by atoms with Crippen molar-refractivity contribution in [2.75, 3.05) is 5.32 Å². The Labute approximate surface area is 95.1 Å². The first-order chi connectivity index (χ1) is 7.76. The normalized spacial score (nSPS) is 9.69. The van der Waals surface area contributed by atoms with E-state index in [1.54, 1.807) is 6.07 Å². The van der Waals surface area contributed by atoms with Crippen molar-refractivity contribution in [3.05, 3.63) is 29.8 Å². The van der Waals surface area contributed by atoms with E-state index in [1.165, 1.54) is 11.3 Å². The maximum Gasteiger partial charge on any atom is 0.289 e. The molecule has 16 heavy (non-hydrogen) atoms. The fourth-order valence-electron chi connectivity index (χ4n) is 1.39. The van der Waals surface area contributed by atoms with Crippen LogP contribution in [0.4, 0.5) is 5.00 Å². The molecule has 0 unspecified atom stereocenters. The first kappa shape index (κ1) is 10.3. The van der Waals surface area contributed by atoms with E-state index in [4.69, 9.17) is 5.26 Å². The average molecular weight is 230 g/mol. The molecule has 1 amide bonds. The molecule has 0 aliphatic rings. The molecule has 0 aliphatic heterocycles. The second-order valence-electron chi connectivity index (χ2n) is 3.02. The molecule has 0 spiro atoms. The Morgan fingerprint density at radius 2 is 2.19 bits per heavy atom. The number of thiophene rings is 1. The quantitative estimate of drug-likeness (QED) is 0.632. The van der Waals surface area contributed by atoms with Gasteiger partial charge in [0.25, 0.3) is 5.91 Å². The Bertz CT molecular complexity index is 610. The van der Waals surface area contributed by atoms with E-state index in [0.717, 1.165) is 10.1 Å². The number of anilines is 1. The predicted molar refractivity (Wildman–Crippen MR) is 61.2 cm³/mol. The molecule has 0 radical (unpaired) electrons. The van der Waals surface area contributed by atoms with Crippen molar-refractivity contribution in [1.82, 2.24) is 0 Å². The molecular formula is C11H6N2O2S. The van der Waals surface area contributed by atoms with E-state index in [1.807, 2.05) is 24.3 Å². The van der Waals surface area contributed by atoms with Crippen LogP contribution in [0.5, 0.6) is 0 Å². The minimum Gasteiger partial charge on any atom is -0.310 e. The van der Waals surface area contributed by atoms with Crippen LogP contribution >= 0.6 is 11.3 Å². The van der Waals surface area contributed by atoms with Crippen molar-refractivity contribution < 1.29 is 9.59 Å². The minimum atomic E-state index is -0.747. The van der Waals surface area contributed by atoms with Crippen LogP contribution in [0.2, 0.25) is 0 Å². The molecule has 2 aromatic rings. The van der Waals surface area contributed by atoms with Gasteiger partial charge in [-0.2, -0.15) is 5.26 Å². The Hall–Kier alpha value is -2.19. The molecule has 1 N–H and O–H groups in total. The van der Waals surface area contributed by atoms with Crippen LogP contribution in [0.15, 0.2) is 24.3 Å². The summed E-state index contributed by atoms with van der Waals surface area (Å²) in [6, 6.07) is 9.37. The number of fused-ring (bicyclic) bond motifs is 1. The number of carbonyl (C=O) groups excluding carboxylic acids is 2. The zero-order valence-electron chi connectivity index (χ0n) is 8.06. The van der Waals surface area contributed by atoms with Crippen molar-refractivity contribution in [2.24, 2.45) is 0 Å². The van der Waals surface area contributed by atoms with Gasteiger partial charge in [0, 0.05) is 10.1 Å². The topological polar surface area (TPSA) is 70.0 Å². The standard InChI is InChI=1S/C11H6N2O2S/c12-5-8-7-3-1-2-4-9(7)16-11(8)13-10(15)6-14/h1-4,6H,(H,13,15). The molecule has 1 aromatic carbocycles. The predicted octanol–water partition coefficient (Wildman–Crippen LogP) is 1.91. The summed E-state index contributed by atoms with van der Waals surface area (Å²) in [5, 5.41) is 12.6. The highest BCUT2D eigenvalue weighted by Gasteiger charge is 2.13. The number of amides is 1. The summed E-state index contributed by atoms with van der Waals surface area (Å²) in [6.45, 7) is 0. The smallest absolute Gasteiger partial charge is 0.289 e. The lowest BCUT2D eigenvalue weighted by Crippen LogP contribution is -2.11. The lowest BCUT2D eigenvalue weighted by molar-refractivity contribution is -0.127. The van der Waals surface area contributed by atoms with Gasteiger partial charge in [0.1, 0.15) is 11.1 Å². The molecule has 0 fully saturated rings. The van der Waals surface area contributed by atoms with Crippen molar-refractivity contribution in [3.8, 4) is 6.07 Å². The van der Waals surface area contributed by atoms with E-state index < -0.39 is 5.91 Å². The van der Waals surface area contributed by atoms with Crippen LogP contribution in [0.1, 0.15) is 5.56 Å². The summed E-state index contributed by atoms with van der Waals surface area (Å²) in [6.07, 6.45) is 0.186. The van der Waals surface area contributed by atoms with E-state index in [0.29, 0.717) is 10.6 Å². The van der Waals surface area contributed by atoms with Crippen molar-refractivity contribution in [1.29, 1.82) is 5.26 Å². The number of benzene rings is 1. The van der Waals surface area contributed by atoms with E-state index in [2.05, 4.69) is 5.32 Å². The Morgan fingerprint density at radius 1 is 1.44 bits per heavy atom. The van der Waals surface area contributed by atoms with Gasteiger partial charge in [0.05, 0.1) is 5.56 Å². The van der Waals surface area contributed by atoms with Crippen molar-refractivity contribution >= 4 is 38.6 Å². The molecule has 1 heterocycles. The van der Waals surface area contributed by atoms with E-state index in [9.17, 15) is 9.59 Å². The van der Waals surface area contributed by atoms with Crippen molar-refractivity contribution in [3.63, 3.8) is 0 Å². The van der Waals surface area contributed by atoms with Gasteiger partial charge < -0.3 is 5.32 Å². The summed E-state index contributed by atoms with van der Waals surface area (Å²) in [5.74, 6) is -0.747. The number of aldehydes is 1. The van der Waals surface area contributed by atoms with Crippen LogP contribution in [0.3, 0.4) is 0 Å². The third-order valence-corrected chi connectivity index (χ3v) is 3.14. The molecule has 1 aromatic heterocycles. The molecule has 2 rings (SSSR count). The third kappa shape index (κ3) is 1.66. The number of carbonyl (C=O) groups is 2. The van der Waals surface area contributed by atoms with Gasteiger partial charge in [-0.05, 0) is 6.07 Å². The second kappa shape index (κ2) is 4.13. The van der Waals surface area contributed by atoms with Crippen LogP contribution in [0, 0.1) is 11.3 Å². The van der Waals surface area contributed by atoms with Gasteiger partial charge in [-0.3, -0.25) is 9.59 Å². The SMILES string of the molecule is N#Cc1c(NC(=O)C=O)sc2ccccc12. The molecule has 0 aliphatic carbocycles. The summed E-state index contributed by atoms with van der Waals surface area (Å²) in [4.78, 5) is 21.2. The summed E-state index contributed by atoms with van der Waals surface area (Å²) in [5.41, 5.74) is 0.399. The fourth-order valence-corrected chi connectivity index (χ4v) is 2.44. The minimum absolute atomic E-state index is 0.186. The Kier molecular flexibility index (Phi) is 2.66. The third-order valence-electron chi connectivity index (χ3n) is 2.05. The largest absolute Gasteiger partial charge is 0.310 e. The first-order valence-corrected chi connectivity index (χ1v) is 5.25. The van der Waals surface area contributed by atoms with Gasteiger partial charge in [0.2, 0.25) is 6.29 Å². The lowest BCUT2D eigenvalue weighted by atomic mass is 10.2. The van der Waals surface area contributed by atoms with Gasteiger partial charge in [-0.25, -0.2) is 0 Å². The molecular weight excluding hydrogens is 224 g/mol.